The molecule has 0 aliphatic heterocycles. The van der Waals surface area contributed by atoms with E-state index in [9.17, 15) is 4.79 Å². The molecule has 0 aromatic carbocycles. The average Bonchev–Trinajstić information content (AvgIpc) is 2.80. The lowest BCUT2D eigenvalue weighted by molar-refractivity contribution is 0.0935. The molecule has 1 aliphatic carbocycles. The highest BCUT2D eigenvalue weighted by Crippen LogP contribution is 2.37. The van der Waals surface area contributed by atoms with Crippen molar-refractivity contribution in [2.45, 2.75) is 18.4 Å². The molecule has 0 radical (unpaired) electrons. The Labute approximate surface area is 98.5 Å². The summed E-state index contributed by atoms with van der Waals surface area (Å²) < 4.78 is 5.48. The van der Waals surface area contributed by atoms with Crippen LogP contribution in [0.1, 0.15) is 23.2 Å². The molecule has 1 amide bonds. The zero-order valence-corrected chi connectivity index (χ0v) is 10.5. The van der Waals surface area contributed by atoms with Crippen LogP contribution >= 0.6 is 31.9 Å². The Hall–Kier alpha value is -0.290. The molecule has 0 atom stereocenters. The number of halogens is 2. The molecular formula is C9H9Br2NO2. The third-order valence-corrected chi connectivity index (χ3v) is 4.04. The zero-order valence-electron chi connectivity index (χ0n) is 7.35. The van der Waals surface area contributed by atoms with Crippen molar-refractivity contribution in [1.82, 2.24) is 5.32 Å². The Bertz CT molecular complexity index is 357. The van der Waals surface area contributed by atoms with Gasteiger partial charge in [-0.05, 0) is 34.8 Å². The van der Waals surface area contributed by atoms with Crippen molar-refractivity contribution in [2.75, 3.05) is 5.33 Å². The first-order chi connectivity index (χ1) is 6.67. The summed E-state index contributed by atoms with van der Waals surface area (Å²) in [6.45, 7) is 0. The van der Waals surface area contributed by atoms with Gasteiger partial charge in [-0.25, -0.2) is 0 Å². The van der Waals surface area contributed by atoms with Crippen LogP contribution < -0.4 is 5.32 Å². The molecule has 5 heteroatoms. The average molecular weight is 323 g/mol. The maximum absolute atomic E-state index is 11.7. The van der Waals surface area contributed by atoms with E-state index in [0.29, 0.717) is 10.2 Å². The summed E-state index contributed by atoms with van der Waals surface area (Å²) in [7, 11) is 0. The maximum atomic E-state index is 11.7. The Morgan fingerprint density at radius 2 is 2.36 bits per heavy atom. The minimum absolute atomic E-state index is 0.0200. The van der Waals surface area contributed by atoms with E-state index in [4.69, 9.17) is 4.42 Å². The van der Waals surface area contributed by atoms with Crippen molar-refractivity contribution in [3.63, 3.8) is 0 Å². The minimum Gasteiger partial charge on any atom is -0.457 e. The van der Waals surface area contributed by atoms with E-state index in [1.54, 1.807) is 6.07 Å². The van der Waals surface area contributed by atoms with E-state index in [0.717, 1.165) is 18.2 Å². The first-order valence-electron chi connectivity index (χ1n) is 4.28. The number of nitrogens with one attached hydrogen (secondary N) is 1. The number of alkyl halides is 1. The smallest absolute Gasteiger partial charge is 0.256 e. The van der Waals surface area contributed by atoms with E-state index < -0.39 is 0 Å². The molecule has 1 N–H and O–H groups in total. The van der Waals surface area contributed by atoms with Gasteiger partial charge in [0.05, 0.1) is 17.4 Å². The predicted molar refractivity (Wildman–Crippen MR) is 59.6 cm³/mol. The highest BCUT2D eigenvalue weighted by Gasteiger charge is 2.43. The molecular weight excluding hydrogens is 314 g/mol. The summed E-state index contributed by atoms with van der Waals surface area (Å²) in [6.07, 6.45) is 3.58. The van der Waals surface area contributed by atoms with Crippen LogP contribution in [0.5, 0.6) is 0 Å². The highest BCUT2D eigenvalue weighted by atomic mass is 79.9. The molecule has 0 unspecified atom stereocenters. The van der Waals surface area contributed by atoms with E-state index in [1.807, 2.05) is 0 Å². The van der Waals surface area contributed by atoms with Gasteiger partial charge in [0.2, 0.25) is 0 Å². The summed E-state index contributed by atoms with van der Waals surface area (Å²) in [5.41, 5.74) is 0.533. The second-order valence-electron chi connectivity index (χ2n) is 3.48. The lowest BCUT2D eigenvalue weighted by atomic mass is 10.2. The Morgan fingerprint density at radius 3 is 2.79 bits per heavy atom. The van der Waals surface area contributed by atoms with Crippen LogP contribution in [0, 0.1) is 0 Å². The number of furan rings is 1. The van der Waals surface area contributed by atoms with Crippen molar-refractivity contribution < 1.29 is 9.21 Å². The first kappa shape index (κ1) is 10.2. The molecule has 0 spiro atoms. The number of amides is 1. The van der Waals surface area contributed by atoms with Gasteiger partial charge in [0, 0.05) is 5.33 Å². The van der Waals surface area contributed by atoms with Crippen LogP contribution in [0.15, 0.2) is 21.4 Å². The Balaban J connectivity index is 2.07. The van der Waals surface area contributed by atoms with E-state index in [1.165, 1.54) is 6.26 Å². The standard InChI is InChI=1S/C9H9Br2NO2/c10-5-9(2-3-9)12-8(13)6-1-4-14-7(6)11/h1,4H,2-3,5H2,(H,12,13). The van der Waals surface area contributed by atoms with Crippen LogP contribution in [0.3, 0.4) is 0 Å². The van der Waals surface area contributed by atoms with Crippen LogP contribution in [0.2, 0.25) is 0 Å². The maximum Gasteiger partial charge on any atom is 0.256 e. The second kappa shape index (κ2) is 3.70. The van der Waals surface area contributed by atoms with Gasteiger partial charge in [-0.3, -0.25) is 4.79 Å². The number of carbonyl (C=O) groups excluding carboxylic acids is 1. The number of hydrogen-bond acceptors (Lipinski definition) is 2. The van der Waals surface area contributed by atoms with Crippen molar-refractivity contribution >= 4 is 37.8 Å². The highest BCUT2D eigenvalue weighted by molar-refractivity contribution is 9.10. The second-order valence-corrected chi connectivity index (χ2v) is 4.76. The van der Waals surface area contributed by atoms with Gasteiger partial charge in [-0.15, -0.1) is 0 Å². The number of rotatable bonds is 3. The fraction of sp³-hybridized carbons (Fsp3) is 0.444. The first-order valence-corrected chi connectivity index (χ1v) is 6.20. The summed E-state index contributed by atoms with van der Waals surface area (Å²) in [5, 5.41) is 3.79. The van der Waals surface area contributed by atoms with Crippen LogP contribution in [0.25, 0.3) is 0 Å². The third-order valence-electron chi connectivity index (χ3n) is 2.35. The summed E-state index contributed by atoms with van der Waals surface area (Å²) in [4.78, 5) is 11.7. The van der Waals surface area contributed by atoms with E-state index in [-0.39, 0.29) is 11.4 Å². The zero-order chi connectivity index (χ0) is 10.2. The molecule has 0 saturated heterocycles. The van der Waals surface area contributed by atoms with Crippen molar-refractivity contribution in [3.8, 4) is 0 Å². The lowest BCUT2D eigenvalue weighted by Gasteiger charge is -2.13. The van der Waals surface area contributed by atoms with Gasteiger partial charge in [-0.2, -0.15) is 0 Å². The van der Waals surface area contributed by atoms with Crippen molar-refractivity contribution in [1.29, 1.82) is 0 Å². The molecule has 14 heavy (non-hydrogen) atoms. The molecule has 1 aromatic rings. The molecule has 0 bridgehead atoms. The van der Waals surface area contributed by atoms with Crippen LogP contribution in [-0.4, -0.2) is 16.8 Å². The van der Waals surface area contributed by atoms with Gasteiger partial charge >= 0.3 is 0 Å². The minimum atomic E-state index is -0.0809. The Kier molecular flexibility index (Phi) is 2.70. The molecule has 1 heterocycles. The fourth-order valence-corrected chi connectivity index (χ4v) is 2.33. The van der Waals surface area contributed by atoms with E-state index in [2.05, 4.69) is 37.2 Å². The lowest BCUT2D eigenvalue weighted by Crippen LogP contribution is -2.38. The van der Waals surface area contributed by atoms with Crippen molar-refractivity contribution in [3.05, 3.63) is 22.6 Å². The topological polar surface area (TPSA) is 42.2 Å². The quantitative estimate of drug-likeness (QED) is 0.869. The number of hydrogen-bond donors (Lipinski definition) is 1. The molecule has 1 aliphatic rings. The summed E-state index contributed by atoms with van der Waals surface area (Å²) in [5.74, 6) is -0.0809. The molecule has 1 saturated carbocycles. The molecule has 1 aromatic heterocycles. The molecule has 76 valence electrons. The molecule has 3 nitrogen and oxygen atoms in total. The van der Waals surface area contributed by atoms with Gasteiger partial charge in [0.15, 0.2) is 4.67 Å². The number of carbonyl (C=O) groups is 1. The van der Waals surface area contributed by atoms with Gasteiger partial charge in [0.1, 0.15) is 0 Å². The molecule has 2 rings (SSSR count). The van der Waals surface area contributed by atoms with Crippen LogP contribution in [0.4, 0.5) is 0 Å². The predicted octanol–water partition coefficient (Wildman–Crippen LogP) is 2.70. The largest absolute Gasteiger partial charge is 0.457 e. The summed E-state index contributed by atoms with van der Waals surface area (Å²) in [6, 6.07) is 1.66. The van der Waals surface area contributed by atoms with E-state index >= 15 is 0 Å². The van der Waals surface area contributed by atoms with Gasteiger partial charge < -0.3 is 9.73 Å². The monoisotopic (exact) mass is 321 g/mol. The van der Waals surface area contributed by atoms with Gasteiger partial charge in [-0.1, -0.05) is 15.9 Å². The van der Waals surface area contributed by atoms with Gasteiger partial charge in [0.25, 0.3) is 5.91 Å². The SMILES string of the molecule is O=C(NC1(CBr)CC1)c1ccoc1Br. The Morgan fingerprint density at radius 1 is 1.64 bits per heavy atom. The van der Waals surface area contributed by atoms with Crippen molar-refractivity contribution in [2.24, 2.45) is 0 Å². The fourth-order valence-electron chi connectivity index (χ4n) is 1.21. The molecule has 1 fully saturated rings. The summed E-state index contributed by atoms with van der Waals surface area (Å²) >= 11 is 6.57. The van der Waals surface area contributed by atoms with Crippen LogP contribution in [-0.2, 0) is 0 Å². The third kappa shape index (κ3) is 1.88. The normalized spacial score (nSPS) is 17.9.